The molecule has 2 rings (SSSR count). The number of nitrogens with one attached hydrogen (secondary N) is 3. The number of hydrogen-bond donors (Lipinski definition) is 4. The molecule has 146 valence electrons. The largest absolute Gasteiger partial charge is 0.479 e. The number of amides is 2. The van der Waals surface area contributed by atoms with Crippen molar-refractivity contribution in [3.05, 3.63) is 46.3 Å². The first-order valence-corrected chi connectivity index (χ1v) is 9.08. The zero-order valence-electron chi connectivity index (χ0n) is 16.7. The number of aromatic amines is 1. The van der Waals surface area contributed by atoms with Crippen molar-refractivity contribution in [2.45, 2.75) is 59.4 Å². The molecular formula is C20H28N4O3. The monoisotopic (exact) mass is 372 g/mol. The first kappa shape index (κ1) is 20.5. The van der Waals surface area contributed by atoms with Crippen LogP contribution < -0.4 is 10.6 Å². The predicted molar refractivity (Wildman–Crippen MR) is 105 cm³/mol. The van der Waals surface area contributed by atoms with Crippen LogP contribution in [0, 0.1) is 13.8 Å². The fourth-order valence-corrected chi connectivity index (χ4v) is 3.22. The van der Waals surface area contributed by atoms with Gasteiger partial charge in [0, 0.05) is 16.9 Å². The van der Waals surface area contributed by atoms with Gasteiger partial charge in [-0.1, -0.05) is 45.9 Å². The zero-order valence-corrected chi connectivity index (χ0v) is 16.7. The summed E-state index contributed by atoms with van der Waals surface area (Å²) in [6, 6.07) is 4.19. The highest BCUT2D eigenvalue weighted by Crippen LogP contribution is 2.32. The summed E-state index contributed by atoms with van der Waals surface area (Å²) in [7, 11) is 0. The highest BCUT2D eigenvalue weighted by Gasteiger charge is 2.28. The van der Waals surface area contributed by atoms with Crippen molar-refractivity contribution in [2.75, 3.05) is 5.32 Å². The van der Waals surface area contributed by atoms with E-state index in [2.05, 4.69) is 48.5 Å². The zero-order chi connectivity index (χ0) is 20.3. The van der Waals surface area contributed by atoms with E-state index in [0.29, 0.717) is 17.0 Å². The molecule has 4 N–H and O–H groups in total. The second kappa shape index (κ2) is 8.24. The summed E-state index contributed by atoms with van der Waals surface area (Å²) < 4.78 is 0. The molecule has 0 radical (unpaired) electrons. The summed E-state index contributed by atoms with van der Waals surface area (Å²) in [6.45, 7) is 11.7. The van der Waals surface area contributed by atoms with Gasteiger partial charge in [-0.3, -0.25) is 5.10 Å². The normalized spacial score (nSPS) is 12.3. The van der Waals surface area contributed by atoms with Crippen molar-refractivity contribution in [3.63, 3.8) is 0 Å². The number of aryl methyl sites for hydroxylation is 2. The van der Waals surface area contributed by atoms with Gasteiger partial charge >= 0.3 is 12.0 Å². The Balaban J connectivity index is 2.33. The lowest BCUT2D eigenvalue weighted by Gasteiger charge is -2.22. The third-order valence-electron chi connectivity index (χ3n) is 4.61. The van der Waals surface area contributed by atoms with Crippen molar-refractivity contribution in [1.29, 1.82) is 0 Å². The van der Waals surface area contributed by atoms with Gasteiger partial charge in [-0.05, 0) is 36.8 Å². The number of anilines is 1. The molecule has 2 aromatic rings. The van der Waals surface area contributed by atoms with Crippen molar-refractivity contribution in [1.82, 2.24) is 15.5 Å². The van der Waals surface area contributed by atoms with Gasteiger partial charge in [0.2, 0.25) is 0 Å². The minimum atomic E-state index is -1.18. The van der Waals surface area contributed by atoms with Gasteiger partial charge in [-0.15, -0.1) is 0 Å². The van der Waals surface area contributed by atoms with Crippen LogP contribution in [0.25, 0.3) is 0 Å². The average molecular weight is 372 g/mol. The molecule has 0 aliphatic heterocycles. The quantitative estimate of drug-likeness (QED) is 0.609. The number of hydrogen-bond acceptors (Lipinski definition) is 3. The number of aliphatic carboxylic acids is 1. The minimum absolute atomic E-state index is 0.215. The SMILES string of the molecule is Cc1n[nH]c(C)c1C(NC(=O)Nc1c(C(C)C)cccc1C(C)C)C(=O)O. The number of H-pyrrole nitrogens is 1. The number of urea groups is 1. The smallest absolute Gasteiger partial charge is 0.331 e. The summed E-state index contributed by atoms with van der Waals surface area (Å²) in [6.07, 6.45) is 0. The van der Waals surface area contributed by atoms with E-state index in [0.717, 1.165) is 16.8 Å². The molecule has 0 spiro atoms. The molecule has 1 atom stereocenters. The Morgan fingerprint density at radius 3 is 2.04 bits per heavy atom. The van der Waals surface area contributed by atoms with E-state index in [1.165, 1.54) is 0 Å². The summed E-state index contributed by atoms with van der Waals surface area (Å²) in [5.74, 6) is -0.709. The maximum Gasteiger partial charge on any atom is 0.331 e. The molecule has 1 aromatic carbocycles. The van der Waals surface area contributed by atoms with Crippen LogP contribution in [0.5, 0.6) is 0 Å². The Morgan fingerprint density at radius 1 is 1.07 bits per heavy atom. The van der Waals surface area contributed by atoms with Gasteiger partial charge in [0.15, 0.2) is 6.04 Å². The first-order chi connectivity index (χ1) is 12.6. The van der Waals surface area contributed by atoms with Gasteiger partial charge in [0.05, 0.1) is 5.69 Å². The summed E-state index contributed by atoms with van der Waals surface area (Å²) in [5.41, 5.74) is 4.40. The Bertz CT molecular complexity index is 794. The number of carbonyl (C=O) groups is 2. The number of carboxylic acids is 1. The van der Waals surface area contributed by atoms with Crippen LogP contribution >= 0.6 is 0 Å². The number of nitrogens with zero attached hydrogens (tertiary/aromatic N) is 1. The van der Waals surface area contributed by atoms with E-state index in [4.69, 9.17) is 0 Å². The number of para-hydroxylation sites is 1. The minimum Gasteiger partial charge on any atom is -0.479 e. The molecule has 2 amide bonds. The second-order valence-electron chi connectivity index (χ2n) is 7.34. The first-order valence-electron chi connectivity index (χ1n) is 9.08. The third kappa shape index (κ3) is 4.48. The topological polar surface area (TPSA) is 107 Å². The van der Waals surface area contributed by atoms with Gasteiger partial charge in [0.1, 0.15) is 0 Å². The molecule has 7 nitrogen and oxygen atoms in total. The Morgan fingerprint density at radius 2 is 1.63 bits per heavy atom. The Kier molecular flexibility index (Phi) is 6.25. The highest BCUT2D eigenvalue weighted by atomic mass is 16.4. The third-order valence-corrected chi connectivity index (χ3v) is 4.61. The van der Waals surface area contributed by atoms with Crippen molar-refractivity contribution in [2.24, 2.45) is 0 Å². The lowest BCUT2D eigenvalue weighted by atomic mass is 9.93. The average Bonchev–Trinajstić information content (AvgIpc) is 2.90. The van der Waals surface area contributed by atoms with E-state index in [1.54, 1.807) is 13.8 Å². The van der Waals surface area contributed by atoms with Crippen LogP contribution in [0.4, 0.5) is 10.5 Å². The van der Waals surface area contributed by atoms with Crippen LogP contribution in [-0.2, 0) is 4.79 Å². The van der Waals surface area contributed by atoms with Gasteiger partial charge < -0.3 is 15.7 Å². The number of carbonyl (C=O) groups excluding carboxylic acids is 1. The molecular weight excluding hydrogens is 344 g/mol. The van der Waals surface area contributed by atoms with Crippen LogP contribution in [-0.4, -0.2) is 27.3 Å². The molecule has 0 aliphatic carbocycles. The fourth-order valence-electron chi connectivity index (χ4n) is 3.22. The van der Waals surface area contributed by atoms with Crippen molar-refractivity contribution in [3.8, 4) is 0 Å². The van der Waals surface area contributed by atoms with Crippen LogP contribution in [0.15, 0.2) is 18.2 Å². The molecule has 1 heterocycles. The molecule has 0 fully saturated rings. The molecule has 1 aromatic heterocycles. The maximum atomic E-state index is 12.7. The Hall–Kier alpha value is -2.83. The predicted octanol–water partition coefficient (Wildman–Crippen LogP) is 4.22. The van der Waals surface area contributed by atoms with Crippen molar-refractivity contribution < 1.29 is 14.7 Å². The van der Waals surface area contributed by atoms with Gasteiger partial charge in [-0.2, -0.15) is 5.10 Å². The fraction of sp³-hybridized carbons (Fsp3) is 0.450. The van der Waals surface area contributed by atoms with E-state index in [-0.39, 0.29) is 11.8 Å². The molecule has 0 aliphatic rings. The molecule has 0 saturated carbocycles. The highest BCUT2D eigenvalue weighted by molar-refractivity contribution is 5.94. The molecule has 1 unspecified atom stereocenters. The van der Waals surface area contributed by atoms with Gasteiger partial charge in [-0.25, -0.2) is 9.59 Å². The van der Waals surface area contributed by atoms with E-state index < -0.39 is 18.0 Å². The van der Waals surface area contributed by atoms with E-state index in [9.17, 15) is 14.7 Å². The number of carboxylic acid groups (broad SMARTS) is 1. The lowest BCUT2D eigenvalue weighted by molar-refractivity contribution is -0.139. The molecule has 7 heteroatoms. The van der Waals surface area contributed by atoms with Crippen LogP contribution in [0.1, 0.15) is 73.7 Å². The number of benzene rings is 1. The van der Waals surface area contributed by atoms with Crippen LogP contribution in [0.3, 0.4) is 0 Å². The lowest BCUT2D eigenvalue weighted by Crippen LogP contribution is -2.37. The van der Waals surface area contributed by atoms with Crippen LogP contribution in [0.2, 0.25) is 0 Å². The maximum absolute atomic E-state index is 12.7. The molecule has 27 heavy (non-hydrogen) atoms. The standard InChI is InChI=1S/C20H28N4O3/c1-10(2)14-8-7-9-15(11(3)4)17(14)21-20(27)22-18(19(25)26)16-12(5)23-24-13(16)6/h7-11,18H,1-6H3,(H,23,24)(H,25,26)(H2,21,22,27). The summed E-state index contributed by atoms with van der Waals surface area (Å²) >= 11 is 0. The van der Waals surface area contributed by atoms with E-state index in [1.807, 2.05) is 18.2 Å². The van der Waals surface area contributed by atoms with Gasteiger partial charge in [0.25, 0.3) is 0 Å². The summed E-state index contributed by atoms with van der Waals surface area (Å²) in [5, 5.41) is 21.8. The summed E-state index contributed by atoms with van der Waals surface area (Å²) in [4.78, 5) is 24.4. The number of rotatable bonds is 6. The second-order valence-corrected chi connectivity index (χ2v) is 7.34. The molecule has 0 saturated heterocycles. The number of aromatic nitrogens is 2. The van der Waals surface area contributed by atoms with Crippen molar-refractivity contribution >= 4 is 17.7 Å². The Labute approximate surface area is 159 Å². The van der Waals surface area contributed by atoms with E-state index >= 15 is 0 Å². The molecule has 0 bridgehead atoms.